The summed E-state index contributed by atoms with van der Waals surface area (Å²) in [6.07, 6.45) is 0.673. The molecule has 0 spiro atoms. The summed E-state index contributed by atoms with van der Waals surface area (Å²) in [5.41, 5.74) is 0. The van der Waals surface area contributed by atoms with Crippen molar-refractivity contribution in [1.82, 2.24) is 14.8 Å². The number of nitrogens with one attached hydrogen (secondary N) is 3. The van der Waals surface area contributed by atoms with Crippen LogP contribution >= 0.6 is 0 Å². The maximum atomic E-state index is 11.3. The van der Waals surface area contributed by atoms with E-state index >= 15 is 0 Å². The van der Waals surface area contributed by atoms with Crippen LogP contribution in [0.25, 0.3) is 0 Å². The van der Waals surface area contributed by atoms with E-state index in [1.54, 1.807) is 4.72 Å². The number of amides is 1. The van der Waals surface area contributed by atoms with Gasteiger partial charge in [-0.05, 0) is 19.4 Å². The van der Waals surface area contributed by atoms with Gasteiger partial charge < -0.3 is 10.1 Å². The van der Waals surface area contributed by atoms with Gasteiger partial charge in [-0.2, -0.15) is 13.1 Å². The van der Waals surface area contributed by atoms with Gasteiger partial charge in [0.1, 0.15) is 0 Å². The maximum Gasteiger partial charge on any atom is 0.421 e. The number of hydrogen-bond donors (Lipinski definition) is 3. The lowest BCUT2D eigenvalue weighted by molar-refractivity contribution is 0.177. The van der Waals surface area contributed by atoms with Gasteiger partial charge in [0, 0.05) is 12.6 Å². The molecule has 0 aliphatic carbocycles. The Morgan fingerprint density at radius 3 is 2.80 bits per heavy atom. The van der Waals surface area contributed by atoms with Crippen molar-refractivity contribution in [3.63, 3.8) is 0 Å². The van der Waals surface area contributed by atoms with Crippen molar-refractivity contribution in [3.8, 4) is 0 Å². The smallest absolute Gasteiger partial charge is 0.421 e. The number of carbonyl (C=O) groups excluding carboxylic acids is 1. The summed E-state index contributed by atoms with van der Waals surface area (Å²) in [4.78, 5) is 10.7. The molecule has 8 heteroatoms. The van der Waals surface area contributed by atoms with E-state index in [1.165, 1.54) is 0 Å². The molecule has 1 aliphatic heterocycles. The molecule has 3 N–H and O–H groups in total. The van der Waals surface area contributed by atoms with Gasteiger partial charge in [-0.1, -0.05) is 0 Å². The first-order chi connectivity index (χ1) is 7.03. The fraction of sp³-hybridized carbons (Fsp3) is 0.857. The Morgan fingerprint density at radius 1 is 1.53 bits per heavy atom. The minimum Gasteiger partial charge on any atom is -0.452 e. The monoisotopic (exact) mass is 237 g/mol. The second-order valence-electron chi connectivity index (χ2n) is 3.26. The minimum atomic E-state index is -3.81. The highest BCUT2D eigenvalue weighted by molar-refractivity contribution is 7.88. The normalized spacial score (nSPS) is 22.1. The SMILES string of the molecule is COC(=O)NS(=O)(=O)NC1CCCNC1. The zero-order valence-corrected chi connectivity index (χ0v) is 9.26. The summed E-state index contributed by atoms with van der Waals surface area (Å²) in [5, 5.41) is 3.05. The molecule has 1 saturated heterocycles. The van der Waals surface area contributed by atoms with Crippen LogP contribution in [-0.2, 0) is 14.9 Å². The summed E-state index contributed by atoms with van der Waals surface area (Å²) in [5.74, 6) is 0. The van der Waals surface area contributed by atoms with E-state index in [0.717, 1.165) is 26.5 Å². The quantitative estimate of drug-likeness (QED) is 0.580. The predicted molar refractivity (Wildman–Crippen MR) is 53.5 cm³/mol. The van der Waals surface area contributed by atoms with Crippen molar-refractivity contribution >= 4 is 16.3 Å². The molecule has 1 unspecified atom stereocenters. The van der Waals surface area contributed by atoms with Gasteiger partial charge in [0.2, 0.25) is 0 Å². The van der Waals surface area contributed by atoms with E-state index in [9.17, 15) is 13.2 Å². The van der Waals surface area contributed by atoms with Crippen molar-refractivity contribution in [2.24, 2.45) is 0 Å². The van der Waals surface area contributed by atoms with E-state index in [2.05, 4.69) is 14.8 Å². The minimum absolute atomic E-state index is 0.180. The van der Waals surface area contributed by atoms with Crippen LogP contribution in [0.15, 0.2) is 0 Å². The van der Waals surface area contributed by atoms with Crippen LogP contribution in [-0.4, -0.2) is 40.8 Å². The van der Waals surface area contributed by atoms with Gasteiger partial charge in [0.25, 0.3) is 0 Å². The summed E-state index contributed by atoms with van der Waals surface area (Å²) in [6, 6.07) is -0.180. The van der Waals surface area contributed by atoms with E-state index < -0.39 is 16.3 Å². The molecule has 0 aromatic rings. The summed E-state index contributed by atoms with van der Waals surface area (Å²) >= 11 is 0. The predicted octanol–water partition coefficient (Wildman–Crippen LogP) is -1.07. The van der Waals surface area contributed by atoms with Crippen LogP contribution in [0.1, 0.15) is 12.8 Å². The van der Waals surface area contributed by atoms with Crippen LogP contribution in [0, 0.1) is 0 Å². The highest BCUT2D eigenvalue weighted by Gasteiger charge is 2.21. The van der Waals surface area contributed by atoms with Crippen LogP contribution < -0.4 is 14.8 Å². The first-order valence-electron chi connectivity index (χ1n) is 4.62. The third-order valence-corrected chi connectivity index (χ3v) is 3.10. The van der Waals surface area contributed by atoms with Gasteiger partial charge in [-0.25, -0.2) is 9.52 Å². The molecule has 0 radical (unpaired) electrons. The van der Waals surface area contributed by atoms with E-state index in [4.69, 9.17) is 0 Å². The first-order valence-corrected chi connectivity index (χ1v) is 6.10. The Morgan fingerprint density at radius 2 is 2.27 bits per heavy atom. The van der Waals surface area contributed by atoms with Crippen LogP contribution in [0.2, 0.25) is 0 Å². The molecule has 0 bridgehead atoms. The van der Waals surface area contributed by atoms with Crippen molar-refractivity contribution in [2.45, 2.75) is 18.9 Å². The fourth-order valence-electron chi connectivity index (χ4n) is 1.35. The summed E-state index contributed by atoms with van der Waals surface area (Å²) < 4.78 is 30.9. The zero-order valence-electron chi connectivity index (χ0n) is 8.45. The van der Waals surface area contributed by atoms with E-state index in [-0.39, 0.29) is 6.04 Å². The van der Waals surface area contributed by atoms with Gasteiger partial charge in [0.15, 0.2) is 0 Å². The van der Waals surface area contributed by atoms with Gasteiger partial charge in [-0.3, -0.25) is 0 Å². The van der Waals surface area contributed by atoms with E-state index in [1.807, 2.05) is 0 Å². The number of rotatable bonds is 3. The van der Waals surface area contributed by atoms with E-state index in [0.29, 0.717) is 6.54 Å². The first kappa shape index (κ1) is 12.2. The van der Waals surface area contributed by atoms with Crippen LogP contribution in [0.3, 0.4) is 0 Å². The van der Waals surface area contributed by atoms with Gasteiger partial charge >= 0.3 is 16.3 Å². The number of piperidine rings is 1. The molecular weight excluding hydrogens is 222 g/mol. The maximum absolute atomic E-state index is 11.3. The molecule has 7 nitrogen and oxygen atoms in total. The van der Waals surface area contributed by atoms with Crippen molar-refractivity contribution < 1.29 is 17.9 Å². The Bertz CT molecular complexity index is 310. The Kier molecular flexibility index (Phi) is 4.30. The molecule has 1 atom stereocenters. The van der Waals surface area contributed by atoms with Crippen LogP contribution in [0.4, 0.5) is 4.79 Å². The van der Waals surface area contributed by atoms with Gasteiger partial charge in [0.05, 0.1) is 7.11 Å². The molecule has 1 rings (SSSR count). The number of carbonyl (C=O) groups is 1. The topological polar surface area (TPSA) is 96.5 Å². The highest BCUT2D eigenvalue weighted by Crippen LogP contribution is 2.01. The highest BCUT2D eigenvalue weighted by atomic mass is 32.2. The molecule has 1 heterocycles. The largest absolute Gasteiger partial charge is 0.452 e. The van der Waals surface area contributed by atoms with Crippen molar-refractivity contribution in [1.29, 1.82) is 0 Å². The summed E-state index contributed by atoms with van der Waals surface area (Å²) in [6.45, 7) is 1.46. The van der Waals surface area contributed by atoms with Crippen LogP contribution in [0.5, 0.6) is 0 Å². The average molecular weight is 237 g/mol. The molecule has 88 valence electrons. The fourth-order valence-corrected chi connectivity index (χ4v) is 2.35. The zero-order chi connectivity index (χ0) is 11.3. The average Bonchev–Trinajstić information content (AvgIpc) is 2.17. The third-order valence-electron chi connectivity index (χ3n) is 2.02. The third kappa shape index (κ3) is 4.45. The Labute approximate surface area is 88.7 Å². The molecule has 0 aromatic heterocycles. The molecule has 1 amide bonds. The second kappa shape index (κ2) is 5.29. The second-order valence-corrected chi connectivity index (χ2v) is 4.70. The van der Waals surface area contributed by atoms with Gasteiger partial charge in [-0.15, -0.1) is 0 Å². The molecule has 1 fully saturated rings. The lowest BCUT2D eigenvalue weighted by Gasteiger charge is -2.23. The molecular formula is C7H15N3O4S. The standard InChI is InChI=1S/C7H15N3O4S/c1-14-7(11)10-15(12,13)9-6-3-2-4-8-5-6/h6,8-9H,2-5H2,1H3,(H,10,11). The number of ether oxygens (including phenoxy) is 1. The lowest BCUT2D eigenvalue weighted by atomic mass is 10.1. The lowest BCUT2D eigenvalue weighted by Crippen LogP contribution is -2.50. The Balaban J connectivity index is 2.44. The molecule has 15 heavy (non-hydrogen) atoms. The molecule has 0 saturated carbocycles. The van der Waals surface area contributed by atoms with Crippen molar-refractivity contribution in [3.05, 3.63) is 0 Å². The number of hydrogen-bond acceptors (Lipinski definition) is 5. The molecule has 1 aliphatic rings. The Hall–Kier alpha value is -0.860. The molecule has 0 aromatic carbocycles. The van der Waals surface area contributed by atoms with Crippen molar-refractivity contribution in [2.75, 3.05) is 20.2 Å². The summed E-state index contributed by atoms with van der Waals surface area (Å²) in [7, 11) is -2.70. The number of methoxy groups -OCH3 is 1.